The highest BCUT2D eigenvalue weighted by Crippen LogP contribution is 2.76. The number of carbonyl (C=O) groups excluding carboxylic acids is 3. The molecule has 320 valence electrons. The lowest BCUT2D eigenvalue weighted by Crippen LogP contribution is -2.65. The number of unbranched alkanes of at least 4 members (excludes halogenated alkanes) is 1. The fourth-order valence-corrected chi connectivity index (χ4v) is 12.6. The van der Waals surface area contributed by atoms with Crippen LogP contribution in [-0.4, -0.2) is 48.5 Å². The Balaban J connectivity index is 1.18. The van der Waals surface area contributed by atoms with Crippen LogP contribution in [0.4, 0.5) is 13.2 Å². The van der Waals surface area contributed by atoms with E-state index >= 15 is 0 Å². The predicted octanol–water partition coefficient (Wildman–Crippen LogP) is 10.4. The van der Waals surface area contributed by atoms with Crippen LogP contribution < -0.4 is 4.74 Å². The molecule has 58 heavy (non-hydrogen) atoms. The third kappa shape index (κ3) is 7.92. The quantitative estimate of drug-likeness (QED) is 0.0407. The molecular weight excluding hydrogens is 755 g/mol. The molecule has 0 aliphatic heterocycles. The molecule has 4 saturated carbocycles. The molecule has 8 atom stereocenters. The number of hydrogen-bond acceptors (Lipinski definition) is 9. The summed E-state index contributed by atoms with van der Waals surface area (Å²) in [5.74, 6) is -2.05. The van der Waals surface area contributed by atoms with Crippen LogP contribution in [-0.2, 0) is 28.7 Å². The highest BCUT2D eigenvalue weighted by atomic mass is 19.4. The number of hydrogen-bond donors (Lipinski definition) is 0. The fourth-order valence-electron chi connectivity index (χ4n) is 12.6. The average Bonchev–Trinajstić information content (AvgIpc) is 3.13. The van der Waals surface area contributed by atoms with Crippen LogP contribution in [0.5, 0.6) is 5.75 Å². The number of nitrogens with zero attached hydrogens (tertiary/aromatic N) is 1. The molecule has 0 bridgehead atoms. The van der Waals surface area contributed by atoms with E-state index in [0.29, 0.717) is 37.9 Å². The first-order valence-corrected chi connectivity index (χ1v) is 20.9. The Morgan fingerprint density at radius 2 is 1.55 bits per heavy atom. The van der Waals surface area contributed by atoms with Gasteiger partial charge in [-0.3, -0.25) is 4.79 Å². The van der Waals surface area contributed by atoms with Gasteiger partial charge in [-0.05, 0) is 140 Å². The minimum absolute atomic E-state index is 0.00794. The molecule has 0 spiro atoms. The van der Waals surface area contributed by atoms with E-state index in [1.54, 1.807) is 30.3 Å². The SMILES string of the molecule is CC1(C)CC[C@]2(C(=O)Oc3ccc(/C=C/C(=O)OCCCCO[N+](=O)[O-])cc3)CC[C@]3(C)C(=CC[C@@H]4[C@@]5(C)CC[C@H](OC(=O)C(F)(F)F)C(C)(C)[C@@H]5CC[C@]43C)[C@@H]2C1. The maximum Gasteiger partial charge on any atom is 0.490 e. The average molecular weight is 816 g/mol. The van der Waals surface area contributed by atoms with Crippen LogP contribution in [0.3, 0.4) is 0 Å². The molecule has 0 amide bonds. The Kier molecular flexibility index (Phi) is 11.8. The molecular formula is C45H60F3NO9. The smallest absolute Gasteiger partial charge is 0.463 e. The minimum Gasteiger partial charge on any atom is -0.463 e. The number of fused-ring (bicyclic) bond motifs is 7. The lowest BCUT2D eigenvalue weighted by molar-refractivity contribution is -0.757. The number of esters is 3. The van der Waals surface area contributed by atoms with Crippen LogP contribution in [0, 0.1) is 60.4 Å². The van der Waals surface area contributed by atoms with Gasteiger partial charge in [-0.2, -0.15) is 13.2 Å². The zero-order chi connectivity index (χ0) is 42.5. The Labute approximate surface area is 339 Å². The zero-order valence-electron chi connectivity index (χ0n) is 35.0. The fraction of sp³-hybridized carbons (Fsp3) is 0.711. The molecule has 1 aromatic rings. The van der Waals surface area contributed by atoms with E-state index in [-0.39, 0.29) is 58.6 Å². The van der Waals surface area contributed by atoms with Gasteiger partial charge >= 0.3 is 24.1 Å². The number of rotatable bonds is 11. The maximum atomic E-state index is 14.6. The van der Waals surface area contributed by atoms with Crippen molar-refractivity contribution in [3.8, 4) is 5.75 Å². The van der Waals surface area contributed by atoms with Crippen LogP contribution in [0.15, 0.2) is 42.0 Å². The van der Waals surface area contributed by atoms with Crippen molar-refractivity contribution >= 4 is 24.0 Å². The number of carbonyl (C=O) groups is 3. The first-order valence-electron chi connectivity index (χ1n) is 20.9. The number of halogens is 3. The van der Waals surface area contributed by atoms with Gasteiger partial charge in [0.25, 0.3) is 5.09 Å². The van der Waals surface area contributed by atoms with Crippen molar-refractivity contribution in [3.05, 3.63) is 57.7 Å². The lowest BCUT2D eigenvalue weighted by Gasteiger charge is -2.71. The van der Waals surface area contributed by atoms with E-state index in [1.165, 1.54) is 11.6 Å². The first-order chi connectivity index (χ1) is 27.0. The number of ether oxygens (including phenoxy) is 3. The van der Waals surface area contributed by atoms with E-state index in [1.807, 2.05) is 13.8 Å². The second-order valence-electron chi connectivity index (χ2n) is 19.8. The first kappa shape index (κ1) is 43.7. The van der Waals surface area contributed by atoms with E-state index in [9.17, 15) is 37.7 Å². The second kappa shape index (κ2) is 15.6. The largest absolute Gasteiger partial charge is 0.490 e. The van der Waals surface area contributed by atoms with E-state index in [4.69, 9.17) is 14.2 Å². The molecule has 0 unspecified atom stereocenters. The normalized spacial score (nSPS) is 34.9. The molecule has 0 N–H and O–H groups in total. The van der Waals surface area contributed by atoms with Crippen LogP contribution >= 0.6 is 0 Å². The number of benzene rings is 1. The third-order valence-electron chi connectivity index (χ3n) is 15.9. The lowest BCUT2D eigenvalue weighted by atomic mass is 9.33. The van der Waals surface area contributed by atoms with Crippen molar-refractivity contribution in [2.75, 3.05) is 13.2 Å². The molecule has 13 heteroatoms. The van der Waals surface area contributed by atoms with Crippen molar-refractivity contribution in [1.29, 1.82) is 0 Å². The van der Waals surface area contributed by atoms with E-state index in [2.05, 4.69) is 45.5 Å². The summed E-state index contributed by atoms with van der Waals surface area (Å²) in [6.45, 7) is 15.8. The Morgan fingerprint density at radius 1 is 0.879 bits per heavy atom. The van der Waals surface area contributed by atoms with Gasteiger partial charge in [0.15, 0.2) is 0 Å². The van der Waals surface area contributed by atoms with Crippen molar-refractivity contribution in [2.45, 2.75) is 138 Å². The van der Waals surface area contributed by atoms with Gasteiger partial charge in [0.2, 0.25) is 0 Å². The van der Waals surface area contributed by atoms with Crippen LogP contribution in [0.25, 0.3) is 6.08 Å². The summed E-state index contributed by atoms with van der Waals surface area (Å²) in [7, 11) is 0. The van der Waals surface area contributed by atoms with E-state index in [0.717, 1.165) is 50.5 Å². The van der Waals surface area contributed by atoms with Gasteiger partial charge < -0.3 is 19.0 Å². The second-order valence-corrected chi connectivity index (χ2v) is 19.8. The number of alkyl halides is 3. The summed E-state index contributed by atoms with van der Waals surface area (Å²) in [5, 5.41) is 9.36. The summed E-state index contributed by atoms with van der Waals surface area (Å²) in [5.41, 5.74) is 0.372. The standard InChI is InChI=1S/C45H60F3NO9/c1-39(2)22-24-44(37(51)57-30-13-10-29(11-14-30)12-17-36(50)55-26-8-9-27-56-49(53)54)25-23-42(6)31(32(44)28-39)15-16-34-41(5)20-19-35(58-38(52)45(46,47)48)40(3,4)33(41)18-21-43(34,42)7/h10-15,17,32-35H,8-9,16,18-28H2,1-7H3/b17-12+/t32-,33-,34+,35-,41-,42+,43+,44-/m0/s1. The highest BCUT2D eigenvalue weighted by Gasteiger charge is 2.70. The molecule has 10 nitrogen and oxygen atoms in total. The molecule has 4 fully saturated rings. The molecule has 6 rings (SSSR count). The van der Waals surface area contributed by atoms with Gasteiger partial charge in [-0.25, -0.2) is 9.59 Å². The summed E-state index contributed by atoms with van der Waals surface area (Å²) < 4.78 is 56.4. The van der Waals surface area contributed by atoms with Crippen molar-refractivity contribution in [1.82, 2.24) is 0 Å². The van der Waals surface area contributed by atoms with Gasteiger partial charge in [0.1, 0.15) is 11.9 Å². The maximum absolute atomic E-state index is 14.6. The summed E-state index contributed by atoms with van der Waals surface area (Å²) in [6.07, 6.45) is 8.04. The number of allylic oxidation sites excluding steroid dienone is 2. The predicted molar refractivity (Wildman–Crippen MR) is 209 cm³/mol. The minimum atomic E-state index is -5.02. The van der Waals surface area contributed by atoms with Crippen LogP contribution in [0.2, 0.25) is 0 Å². The molecule has 0 heterocycles. The summed E-state index contributed by atoms with van der Waals surface area (Å²) in [4.78, 5) is 53.2. The molecule has 0 saturated heterocycles. The van der Waals surface area contributed by atoms with Gasteiger partial charge in [0, 0.05) is 11.5 Å². The highest BCUT2D eigenvalue weighted by molar-refractivity contribution is 5.87. The van der Waals surface area contributed by atoms with Gasteiger partial charge in [-0.15, -0.1) is 10.1 Å². The molecule has 5 aliphatic carbocycles. The molecule has 5 aliphatic rings. The van der Waals surface area contributed by atoms with Crippen molar-refractivity contribution in [3.63, 3.8) is 0 Å². The van der Waals surface area contributed by atoms with Crippen LogP contribution in [0.1, 0.15) is 131 Å². The van der Waals surface area contributed by atoms with E-state index < -0.39 is 40.1 Å². The molecule has 1 aromatic carbocycles. The molecule has 0 aromatic heterocycles. The summed E-state index contributed by atoms with van der Waals surface area (Å²) in [6, 6.07) is 7.01. The monoisotopic (exact) mass is 815 g/mol. The summed E-state index contributed by atoms with van der Waals surface area (Å²) >= 11 is 0. The third-order valence-corrected chi connectivity index (χ3v) is 15.9. The molecule has 0 radical (unpaired) electrons. The van der Waals surface area contributed by atoms with Crippen molar-refractivity contribution in [2.24, 2.45) is 50.2 Å². The topological polar surface area (TPSA) is 131 Å². The Bertz CT molecular complexity index is 1820. The van der Waals surface area contributed by atoms with Crippen molar-refractivity contribution < 1.29 is 51.7 Å². The Hall–Kier alpha value is -3.90. The Morgan fingerprint density at radius 3 is 2.22 bits per heavy atom. The van der Waals surface area contributed by atoms with Gasteiger partial charge in [0.05, 0.1) is 18.6 Å². The zero-order valence-corrected chi connectivity index (χ0v) is 35.0. The van der Waals surface area contributed by atoms with Gasteiger partial charge in [-0.1, -0.05) is 72.2 Å².